The van der Waals surface area contributed by atoms with E-state index in [0.717, 1.165) is 10.7 Å². The van der Waals surface area contributed by atoms with Gasteiger partial charge in [-0.3, -0.25) is 0 Å². The Morgan fingerprint density at radius 2 is 1.03 bits per heavy atom. The van der Waals surface area contributed by atoms with E-state index in [9.17, 15) is 8.42 Å². The van der Waals surface area contributed by atoms with Gasteiger partial charge in [-0.2, -0.15) is 0 Å². The first-order chi connectivity index (χ1) is 14.5. The van der Waals surface area contributed by atoms with Gasteiger partial charge in [0.25, 0.3) is 0 Å². The van der Waals surface area contributed by atoms with Crippen molar-refractivity contribution >= 4 is 137 Å². The van der Waals surface area contributed by atoms with Crippen LogP contribution in [0.25, 0.3) is 0 Å². The molecule has 0 aromatic heterocycles. The molecule has 0 bridgehead atoms. The fourth-order valence-corrected chi connectivity index (χ4v) is 7.42. The van der Waals surface area contributed by atoms with Gasteiger partial charge in [0.15, 0.2) is 0 Å². The van der Waals surface area contributed by atoms with Gasteiger partial charge in [0.05, 0.1) is 28.4 Å². The van der Waals surface area contributed by atoms with E-state index in [0.29, 0.717) is 42.6 Å². The molecule has 0 aliphatic rings. The number of alkyl halides is 4. The Morgan fingerprint density at radius 3 is 1.35 bits per heavy atom. The molecule has 0 aliphatic heterocycles. The van der Waals surface area contributed by atoms with E-state index in [1.54, 1.807) is 12.1 Å². The first-order valence-corrected chi connectivity index (χ1v) is 17.1. The van der Waals surface area contributed by atoms with Crippen LogP contribution in [0.5, 0.6) is 11.5 Å². The lowest BCUT2D eigenvalue weighted by atomic mass is 10.3. The Morgan fingerprint density at radius 1 is 0.677 bits per heavy atom. The minimum atomic E-state index is -3.85. The quantitative estimate of drug-likeness (QED) is 0.224. The fourth-order valence-electron chi connectivity index (χ4n) is 2.22. The molecule has 0 amide bonds. The molecule has 31 heavy (non-hydrogen) atoms. The molecule has 2 aromatic rings. The lowest BCUT2D eigenvalue weighted by molar-refractivity contribution is 0.323. The largest absolute Gasteiger partial charge is 0.491 e. The Balaban J connectivity index is 2.38. The Labute approximate surface area is 248 Å². The molecular formula is C18H14Br8O4S. The molecule has 0 aliphatic carbocycles. The van der Waals surface area contributed by atoms with Gasteiger partial charge >= 0.3 is 0 Å². The number of hydrogen-bond donors (Lipinski definition) is 0. The minimum Gasteiger partial charge on any atom is -0.491 e. The van der Waals surface area contributed by atoms with Crippen molar-refractivity contribution in [1.82, 2.24) is 0 Å². The number of hydrogen-bond acceptors (Lipinski definition) is 4. The molecule has 13 heteroatoms. The Bertz CT molecular complexity index is 956. The molecule has 2 aromatic carbocycles. The standard InChI is InChI=1S/C18H14Br8O4S/c19-5-9(21)7-29-15-1-13(25)17(3-11(15)23)31(27,28)18-4-12(24)16(2-14(18)26)30-8-10(22)6-20/h1-4,9-10H,5-8H2. The first kappa shape index (κ1) is 29.1. The van der Waals surface area contributed by atoms with Crippen LogP contribution in [0.4, 0.5) is 0 Å². The summed E-state index contributed by atoms with van der Waals surface area (Å²) in [6.45, 7) is 0.847. The van der Waals surface area contributed by atoms with Crippen molar-refractivity contribution in [2.24, 2.45) is 0 Å². The van der Waals surface area contributed by atoms with Crippen molar-refractivity contribution < 1.29 is 17.9 Å². The molecule has 2 atom stereocenters. The van der Waals surface area contributed by atoms with Crippen LogP contribution in [0.2, 0.25) is 0 Å². The smallest absolute Gasteiger partial charge is 0.208 e. The molecular weight excluding hydrogens is 951 g/mol. The third-order valence-corrected chi connectivity index (χ3v) is 13.1. The summed E-state index contributed by atoms with van der Waals surface area (Å²) in [6, 6.07) is 6.34. The topological polar surface area (TPSA) is 52.6 Å². The maximum atomic E-state index is 13.4. The number of rotatable bonds is 10. The molecule has 2 rings (SSSR count). The summed E-state index contributed by atoms with van der Waals surface area (Å²) in [7, 11) is -3.85. The second-order valence-corrected chi connectivity index (χ2v) is 15.2. The average Bonchev–Trinajstić information content (AvgIpc) is 2.73. The number of sulfone groups is 1. The lowest BCUT2D eigenvalue weighted by Crippen LogP contribution is -2.13. The predicted octanol–water partition coefficient (Wildman–Crippen LogP) is 8.64. The highest BCUT2D eigenvalue weighted by atomic mass is 79.9. The van der Waals surface area contributed by atoms with Gasteiger partial charge in [0, 0.05) is 19.6 Å². The second kappa shape index (κ2) is 13.2. The SMILES string of the molecule is O=S(=O)(c1cc(Br)c(OCC(Br)CBr)cc1Br)c1cc(Br)c(OCC(Br)CBr)cc1Br. The van der Waals surface area contributed by atoms with E-state index in [4.69, 9.17) is 9.47 Å². The molecule has 0 radical (unpaired) electrons. The third kappa shape index (κ3) is 7.91. The van der Waals surface area contributed by atoms with Crippen LogP contribution in [-0.2, 0) is 9.84 Å². The number of ether oxygens (including phenoxy) is 2. The van der Waals surface area contributed by atoms with E-state index in [-0.39, 0.29) is 19.4 Å². The highest BCUT2D eigenvalue weighted by Gasteiger charge is 2.26. The number of halogens is 8. The molecule has 2 unspecified atom stereocenters. The van der Waals surface area contributed by atoms with Crippen molar-refractivity contribution in [3.05, 3.63) is 42.2 Å². The van der Waals surface area contributed by atoms with E-state index in [1.807, 2.05) is 0 Å². The molecule has 0 N–H and O–H groups in total. The van der Waals surface area contributed by atoms with Crippen LogP contribution in [0.3, 0.4) is 0 Å². The number of benzene rings is 2. The maximum Gasteiger partial charge on any atom is 0.208 e. The zero-order valence-electron chi connectivity index (χ0n) is 15.4. The summed E-state index contributed by atoms with van der Waals surface area (Å²) in [5.74, 6) is 1.08. The van der Waals surface area contributed by atoms with Crippen molar-refractivity contribution in [3.63, 3.8) is 0 Å². The van der Waals surface area contributed by atoms with E-state index in [2.05, 4.69) is 127 Å². The van der Waals surface area contributed by atoms with Gasteiger partial charge in [-0.25, -0.2) is 8.42 Å². The monoisotopic (exact) mass is 957 g/mol. The van der Waals surface area contributed by atoms with Crippen LogP contribution in [0.15, 0.2) is 51.9 Å². The van der Waals surface area contributed by atoms with Crippen molar-refractivity contribution in [3.8, 4) is 11.5 Å². The summed E-state index contributed by atoms with van der Waals surface area (Å²) in [4.78, 5) is 0.488. The molecule has 0 heterocycles. The predicted molar refractivity (Wildman–Crippen MR) is 153 cm³/mol. The van der Waals surface area contributed by atoms with Crippen molar-refractivity contribution in [2.45, 2.75) is 19.4 Å². The zero-order chi connectivity index (χ0) is 23.3. The summed E-state index contributed by atoms with van der Waals surface area (Å²) in [6.07, 6.45) is 0. The summed E-state index contributed by atoms with van der Waals surface area (Å²) in [5.41, 5.74) is 0. The molecule has 0 saturated heterocycles. The van der Waals surface area contributed by atoms with Crippen LogP contribution in [0, 0.1) is 0 Å². The molecule has 4 nitrogen and oxygen atoms in total. The highest BCUT2D eigenvalue weighted by molar-refractivity contribution is 9.12. The summed E-state index contributed by atoms with van der Waals surface area (Å²) in [5, 5.41) is 1.46. The van der Waals surface area contributed by atoms with Crippen LogP contribution in [-0.4, -0.2) is 41.9 Å². The zero-order valence-corrected chi connectivity index (χ0v) is 28.9. The molecule has 0 fully saturated rings. The summed E-state index contributed by atoms with van der Waals surface area (Å²) < 4.78 is 40.3. The highest BCUT2D eigenvalue weighted by Crippen LogP contribution is 2.41. The lowest BCUT2D eigenvalue weighted by Gasteiger charge is -2.16. The van der Waals surface area contributed by atoms with Crippen LogP contribution in [0.1, 0.15) is 0 Å². The van der Waals surface area contributed by atoms with Gasteiger partial charge in [0.2, 0.25) is 9.84 Å². The van der Waals surface area contributed by atoms with Crippen molar-refractivity contribution in [2.75, 3.05) is 23.9 Å². The van der Waals surface area contributed by atoms with Gasteiger partial charge < -0.3 is 9.47 Å². The van der Waals surface area contributed by atoms with Crippen molar-refractivity contribution in [1.29, 1.82) is 0 Å². The van der Waals surface area contributed by atoms with Crippen LogP contribution < -0.4 is 9.47 Å². The van der Waals surface area contributed by atoms with E-state index < -0.39 is 9.84 Å². The van der Waals surface area contributed by atoms with Gasteiger partial charge in [-0.1, -0.05) is 63.7 Å². The Hall–Kier alpha value is 1.83. The third-order valence-electron chi connectivity index (χ3n) is 3.73. The van der Waals surface area contributed by atoms with E-state index >= 15 is 0 Å². The fraction of sp³-hybridized carbons (Fsp3) is 0.333. The van der Waals surface area contributed by atoms with Gasteiger partial charge in [-0.15, -0.1) is 0 Å². The van der Waals surface area contributed by atoms with Gasteiger partial charge in [-0.05, 0) is 88.0 Å². The van der Waals surface area contributed by atoms with E-state index in [1.165, 1.54) is 12.1 Å². The molecule has 0 spiro atoms. The average molecular weight is 966 g/mol. The molecule has 0 saturated carbocycles. The molecule has 172 valence electrons. The summed E-state index contributed by atoms with van der Waals surface area (Å²) >= 11 is 27.3. The van der Waals surface area contributed by atoms with Crippen LogP contribution >= 0.6 is 127 Å². The normalized spacial score (nSPS) is 13.7. The first-order valence-electron chi connectivity index (χ1n) is 8.40. The Kier molecular flexibility index (Phi) is 12.4. The second-order valence-electron chi connectivity index (χ2n) is 6.05. The van der Waals surface area contributed by atoms with Gasteiger partial charge in [0.1, 0.15) is 24.7 Å². The maximum absolute atomic E-state index is 13.4. The minimum absolute atomic E-state index is 0.115.